The Bertz CT molecular complexity index is 2940. The number of benzene rings is 3. The minimum absolute atomic E-state index is 0.0183. The van der Waals surface area contributed by atoms with Gasteiger partial charge in [-0.1, -0.05) is 0 Å². The van der Waals surface area contributed by atoms with E-state index in [0.717, 1.165) is 0 Å². The molecule has 5 aliphatic rings. The van der Waals surface area contributed by atoms with Crippen molar-refractivity contribution >= 4 is 68.8 Å². The van der Waals surface area contributed by atoms with Gasteiger partial charge in [0.25, 0.3) is 29.5 Å². The molecule has 1 unspecified atom stereocenters. The van der Waals surface area contributed by atoms with Crippen LogP contribution in [0.25, 0.3) is 27.5 Å². The van der Waals surface area contributed by atoms with Crippen molar-refractivity contribution in [2.45, 2.75) is 12.3 Å². The molecule has 0 fully saturated rings. The van der Waals surface area contributed by atoms with E-state index in [1.165, 1.54) is 0 Å². The topological polar surface area (TPSA) is 355 Å². The highest BCUT2D eigenvalue weighted by Crippen LogP contribution is 2.52. The Hall–Kier alpha value is -6.81. The SMILES string of the molecule is NCCNC(=O)C1=C(C(=O)NCCN)c2cc(C(=O)NCCN)c3c4c2C2C1=CC(C(=O)NCCN)=c1cc(C(=O)NCCN)c5cc6c(c=4c5c12)CC=3C(=O)NCCN=C6NCCN. The maximum Gasteiger partial charge on any atom is 0.252 e. The smallest absolute Gasteiger partial charge is 0.252 e. The third kappa shape index (κ3) is 7.52. The van der Waals surface area contributed by atoms with E-state index in [-0.39, 0.29) is 130 Å². The predicted molar refractivity (Wildman–Crippen MR) is 245 cm³/mol. The number of amidine groups is 1. The van der Waals surface area contributed by atoms with Crippen LogP contribution in [0.1, 0.15) is 54.5 Å². The second kappa shape index (κ2) is 18.7. The van der Waals surface area contributed by atoms with Gasteiger partial charge in [0.15, 0.2) is 0 Å². The van der Waals surface area contributed by atoms with Crippen molar-refractivity contribution in [2.75, 3.05) is 91.6 Å². The normalized spacial score (nSPS) is 16.2. The van der Waals surface area contributed by atoms with Gasteiger partial charge in [-0.05, 0) is 78.5 Å². The Balaban J connectivity index is 1.73. The first-order valence-electron chi connectivity index (χ1n) is 21.8. The van der Waals surface area contributed by atoms with Crippen LogP contribution >= 0.6 is 0 Å². The monoisotopic (exact) mass is 886 g/mol. The summed E-state index contributed by atoms with van der Waals surface area (Å²) in [5, 5.41) is 23.5. The Labute approximate surface area is 372 Å². The summed E-state index contributed by atoms with van der Waals surface area (Å²) in [4.78, 5) is 92.7. The Morgan fingerprint density at radius 3 is 1.85 bits per heavy atom. The molecule has 0 aromatic heterocycles. The number of aliphatic imine (C=N–C) groups is 1. The molecule has 65 heavy (non-hydrogen) atoms. The van der Waals surface area contributed by atoms with Gasteiger partial charge in [0.1, 0.15) is 5.84 Å². The maximum atomic E-state index is 14.8. The number of nitrogens with two attached hydrogens (primary N) is 6. The highest BCUT2D eigenvalue weighted by molar-refractivity contribution is 6.31. The summed E-state index contributed by atoms with van der Waals surface area (Å²) in [6, 6.07) is 5.11. The minimum Gasteiger partial charge on any atom is -0.369 e. The van der Waals surface area contributed by atoms with Gasteiger partial charge in [-0.25, -0.2) is 0 Å². The van der Waals surface area contributed by atoms with E-state index in [1.807, 2.05) is 6.07 Å². The molecular weight excluding hydrogens is 833 g/mol. The predicted octanol–water partition coefficient (Wildman–Crippen LogP) is -5.84. The van der Waals surface area contributed by atoms with Gasteiger partial charge in [-0.15, -0.1) is 0 Å². The number of nitrogens with zero attached hydrogens (tertiary/aromatic N) is 1. The van der Waals surface area contributed by atoms with Gasteiger partial charge < -0.3 is 71.6 Å². The first-order valence-corrected chi connectivity index (χ1v) is 21.8. The second-order valence-corrected chi connectivity index (χ2v) is 16.0. The van der Waals surface area contributed by atoms with E-state index in [9.17, 15) is 28.8 Å². The summed E-state index contributed by atoms with van der Waals surface area (Å²) in [7, 11) is 0. The first kappa shape index (κ1) is 44.8. The Kier molecular flexibility index (Phi) is 12.9. The van der Waals surface area contributed by atoms with Gasteiger partial charge in [0.2, 0.25) is 5.91 Å². The molecule has 20 heteroatoms. The van der Waals surface area contributed by atoms with E-state index in [1.54, 1.807) is 18.2 Å². The molecule has 3 aromatic rings. The van der Waals surface area contributed by atoms with Gasteiger partial charge in [-0.2, -0.15) is 0 Å². The number of rotatable bonds is 17. The average Bonchev–Trinajstić information content (AvgIpc) is 3.32. The number of amides is 6. The first-order chi connectivity index (χ1) is 31.6. The van der Waals surface area contributed by atoms with Crippen LogP contribution in [0, 0.1) is 10.4 Å². The Morgan fingerprint density at radius 1 is 0.631 bits per heavy atom. The molecule has 1 atom stereocenters. The summed E-state index contributed by atoms with van der Waals surface area (Å²) in [5.41, 5.74) is 38.9. The van der Waals surface area contributed by atoms with Gasteiger partial charge >= 0.3 is 0 Å². The lowest BCUT2D eigenvalue weighted by atomic mass is 9.63. The highest BCUT2D eigenvalue weighted by Gasteiger charge is 2.46. The van der Waals surface area contributed by atoms with E-state index < -0.39 is 41.4 Å². The molecule has 0 saturated heterocycles. The van der Waals surface area contributed by atoms with E-state index in [0.29, 0.717) is 71.9 Å². The number of carbonyl (C=O) groups excluding carboxylic acids is 6. The lowest BCUT2D eigenvalue weighted by Gasteiger charge is -2.39. The maximum absolute atomic E-state index is 14.8. The van der Waals surface area contributed by atoms with Crippen molar-refractivity contribution in [3.05, 3.63) is 95.2 Å². The molecule has 1 aliphatic heterocycles. The van der Waals surface area contributed by atoms with Crippen LogP contribution in [0.3, 0.4) is 0 Å². The van der Waals surface area contributed by atoms with E-state index in [2.05, 4.69) is 37.2 Å². The van der Waals surface area contributed by atoms with Crippen molar-refractivity contribution in [1.82, 2.24) is 37.2 Å². The number of nitrogens with one attached hydrogen (secondary N) is 7. The molecule has 3 aromatic carbocycles. The molecule has 2 bridgehead atoms. The standard InChI is InChI=1S/C45H54N14O6/c46-1-7-52-39-23-15-21-24(40(60)54-8-2-47)16-22-25(41(61)55-9-3-48)18-26-34-32(22)31(21)33-20(23)17-28(43(63)59-14-13-53-39)30-29(42(62)56-10-4-49)19-27(35(34)38(30)33)37(45(65)58-12-6-51)36(26)44(64)57-11-5-50/h15-16,18-19,34H,1-14,17,46-51H2,(H,52,53)(H,54,60)(H,55,61)(H,56,62)(H,57,64)(H,58,65)(H,59,63). The van der Waals surface area contributed by atoms with Gasteiger partial charge in [-0.3, -0.25) is 33.8 Å². The van der Waals surface area contributed by atoms with Crippen LogP contribution < -0.4 is 82.1 Å². The van der Waals surface area contributed by atoms with Crippen LogP contribution in [0.15, 0.2) is 40.4 Å². The van der Waals surface area contributed by atoms with Crippen molar-refractivity contribution in [3.63, 3.8) is 0 Å². The lowest BCUT2D eigenvalue weighted by molar-refractivity contribution is -0.118. The van der Waals surface area contributed by atoms with Crippen LogP contribution in [-0.4, -0.2) is 133 Å². The third-order valence-electron chi connectivity index (χ3n) is 12.1. The average molecular weight is 887 g/mol. The summed E-state index contributed by atoms with van der Waals surface area (Å²) >= 11 is 0. The molecule has 0 radical (unpaired) electrons. The molecule has 6 amide bonds. The molecule has 19 N–H and O–H groups in total. The highest BCUT2D eigenvalue weighted by atomic mass is 16.2. The van der Waals surface area contributed by atoms with Crippen LogP contribution in [0.5, 0.6) is 0 Å². The lowest BCUT2D eigenvalue weighted by Crippen LogP contribution is -2.44. The molecule has 20 nitrogen and oxygen atoms in total. The van der Waals surface area contributed by atoms with Gasteiger partial charge in [0, 0.05) is 130 Å². The molecule has 0 spiro atoms. The van der Waals surface area contributed by atoms with Crippen molar-refractivity contribution < 1.29 is 28.8 Å². The van der Waals surface area contributed by atoms with E-state index >= 15 is 0 Å². The molecular formula is C45H54N14O6. The molecule has 8 rings (SSSR count). The zero-order valence-corrected chi connectivity index (χ0v) is 35.9. The van der Waals surface area contributed by atoms with E-state index in [4.69, 9.17) is 39.4 Å². The van der Waals surface area contributed by atoms with Crippen LogP contribution in [-0.2, 0) is 25.6 Å². The van der Waals surface area contributed by atoms with Crippen molar-refractivity contribution in [1.29, 1.82) is 0 Å². The van der Waals surface area contributed by atoms with Crippen LogP contribution in [0.4, 0.5) is 0 Å². The quantitative estimate of drug-likeness (QED) is 0.0602. The molecule has 1 heterocycles. The van der Waals surface area contributed by atoms with Crippen molar-refractivity contribution in [2.24, 2.45) is 39.4 Å². The molecule has 4 aliphatic carbocycles. The van der Waals surface area contributed by atoms with Crippen molar-refractivity contribution in [3.8, 4) is 0 Å². The number of hydrogen-bond acceptors (Lipinski definition) is 14. The zero-order valence-electron chi connectivity index (χ0n) is 35.9. The van der Waals surface area contributed by atoms with Gasteiger partial charge in [0.05, 0.1) is 17.7 Å². The van der Waals surface area contributed by atoms with Crippen LogP contribution in [0.2, 0.25) is 0 Å². The fourth-order valence-electron chi connectivity index (χ4n) is 9.65. The zero-order chi connectivity index (χ0) is 46.1. The fourth-order valence-corrected chi connectivity index (χ4v) is 9.65. The summed E-state index contributed by atoms with van der Waals surface area (Å²) in [6.07, 6.45) is 1.60. The Morgan fingerprint density at radius 2 is 1.22 bits per heavy atom. The summed E-state index contributed by atoms with van der Waals surface area (Å²) in [5.74, 6) is -3.73. The molecule has 340 valence electrons. The third-order valence-corrected chi connectivity index (χ3v) is 12.1. The number of carbonyl (C=O) groups is 6. The largest absolute Gasteiger partial charge is 0.369 e. The number of fused-ring (bicyclic) bond motifs is 1. The summed E-state index contributed by atoms with van der Waals surface area (Å²) in [6.45, 7) is 1.90. The summed E-state index contributed by atoms with van der Waals surface area (Å²) < 4.78 is 0. The number of hydrogen-bond donors (Lipinski definition) is 13. The minimum atomic E-state index is -0.876. The molecule has 0 saturated carbocycles. The fraction of sp³-hybridized carbons (Fsp3) is 0.356. The second-order valence-electron chi connectivity index (χ2n) is 16.0.